The Morgan fingerprint density at radius 2 is 1.91 bits per heavy atom. The minimum absolute atomic E-state index is 0.283. The van der Waals surface area contributed by atoms with Crippen LogP contribution in [0.3, 0.4) is 0 Å². The molecule has 22 heavy (non-hydrogen) atoms. The van der Waals surface area contributed by atoms with Crippen molar-refractivity contribution >= 4 is 46.4 Å². The van der Waals surface area contributed by atoms with Crippen LogP contribution in [0, 0.1) is 0 Å². The molecule has 0 aliphatic heterocycles. The molecule has 1 aliphatic carbocycles. The number of hydrogen-bond donors (Lipinski definition) is 2. The molecule has 1 saturated carbocycles. The highest BCUT2D eigenvalue weighted by Gasteiger charge is 2.17. The van der Waals surface area contributed by atoms with Crippen LogP contribution in [0.25, 0.3) is 0 Å². The standard InChI is InChI=1S/C15H19Cl2N3OS/c1-20(15(22)18-11-5-3-2-4-6-11)19-14(21)10-7-8-12(16)13(17)9-10/h7-9,11H,2-6H2,1H3,(H,18,22)(H,19,21). The van der Waals surface area contributed by atoms with Gasteiger partial charge in [0.15, 0.2) is 5.11 Å². The second-order valence-electron chi connectivity index (χ2n) is 5.41. The van der Waals surface area contributed by atoms with Gasteiger partial charge in [-0.05, 0) is 43.3 Å². The van der Waals surface area contributed by atoms with E-state index >= 15 is 0 Å². The lowest BCUT2D eigenvalue weighted by molar-refractivity contribution is 0.0885. The predicted octanol–water partition coefficient (Wildman–Crippen LogP) is 3.78. The highest BCUT2D eigenvalue weighted by Crippen LogP contribution is 2.22. The normalized spacial score (nSPS) is 15.2. The summed E-state index contributed by atoms with van der Waals surface area (Å²) in [5.74, 6) is -0.283. The van der Waals surface area contributed by atoms with E-state index in [0.717, 1.165) is 12.8 Å². The number of rotatable bonds is 2. The minimum atomic E-state index is -0.283. The Balaban J connectivity index is 1.89. The zero-order valence-electron chi connectivity index (χ0n) is 12.4. The molecule has 0 radical (unpaired) electrons. The van der Waals surface area contributed by atoms with E-state index in [1.165, 1.54) is 30.3 Å². The van der Waals surface area contributed by atoms with Crippen molar-refractivity contribution in [2.45, 2.75) is 38.1 Å². The molecule has 1 aliphatic rings. The van der Waals surface area contributed by atoms with Crippen LogP contribution in [0.2, 0.25) is 10.0 Å². The number of carbonyl (C=O) groups is 1. The van der Waals surface area contributed by atoms with Gasteiger partial charge in [-0.3, -0.25) is 15.2 Å². The zero-order chi connectivity index (χ0) is 16.1. The van der Waals surface area contributed by atoms with Crippen molar-refractivity contribution in [3.63, 3.8) is 0 Å². The van der Waals surface area contributed by atoms with Crippen molar-refractivity contribution < 1.29 is 4.79 Å². The van der Waals surface area contributed by atoms with Gasteiger partial charge in [0.05, 0.1) is 10.0 Å². The predicted molar refractivity (Wildman–Crippen MR) is 94.3 cm³/mol. The van der Waals surface area contributed by atoms with Gasteiger partial charge in [-0.25, -0.2) is 0 Å². The molecule has 0 saturated heterocycles. The Morgan fingerprint density at radius 3 is 2.55 bits per heavy atom. The van der Waals surface area contributed by atoms with E-state index in [4.69, 9.17) is 35.4 Å². The molecule has 2 rings (SSSR count). The van der Waals surface area contributed by atoms with E-state index in [9.17, 15) is 4.79 Å². The third-order valence-corrected chi connectivity index (χ3v) is 4.82. The second kappa shape index (κ2) is 7.99. The van der Waals surface area contributed by atoms with E-state index in [0.29, 0.717) is 26.8 Å². The van der Waals surface area contributed by atoms with Gasteiger partial charge in [-0.2, -0.15) is 0 Å². The van der Waals surface area contributed by atoms with Crippen molar-refractivity contribution in [2.75, 3.05) is 7.05 Å². The van der Waals surface area contributed by atoms with Gasteiger partial charge in [0.25, 0.3) is 5.91 Å². The van der Waals surface area contributed by atoms with Crippen molar-refractivity contribution in [1.29, 1.82) is 0 Å². The highest BCUT2D eigenvalue weighted by molar-refractivity contribution is 7.80. The first-order chi connectivity index (χ1) is 10.5. The molecule has 1 fully saturated rings. The summed E-state index contributed by atoms with van der Waals surface area (Å²) >= 11 is 17.1. The summed E-state index contributed by atoms with van der Waals surface area (Å²) in [5, 5.41) is 6.09. The monoisotopic (exact) mass is 359 g/mol. The van der Waals surface area contributed by atoms with Gasteiger partial charge in [-0.1, -0.05) is 42.5 Å². The number of benzene rings is 1. The Labute approximate surface area is 146 Å². The molecule has 1 aromatic carbocycles. The van der Waals surface area contributed by atoms with Crippen LogP contribution in [0.5, 0.6) is 0 Å². The van der Waals surface area contributed by atoms with Crippen LogP contribution in [-0.2, 0) is 0 Å². The van der Waals surface area contributed by atoms with E-state index in [-0.39, 0.29) is 5.91 Å². The summed E-state index contributed by atoms with van der Waals surface area (Å²) in [7, 11) is 1.72. The minimum Gasteiger partial charge on any atom is -0.358 e. The van der Waals surface area contributed by atoms with Crippen LogP contribution in [0.1, 0.15) is 42.5 Å². The fraction of sp³-hybridized carbons (Fsp3) is 0.467. The topological polar surface area (TPSA) is 44.4 Å². The van der Waals surface area contributed by atoms with Gasteiger partial charge in [0, 0.05) is 18.7 Å². The first-order valence-corrected chi connectivity index (χ1v) is 8.44. The summed E-state index contributed by atoms with van der Waals surface area (Å²) in [6.45, 7) is 0. The summed E-state index contributed by atoms with van der Waals surface area (Å²) in [5.41, 5.74) is 3.15. The Kier molecular flexibility index (Phi) is 6.29. The van der Waals surface area contributed by atoms with E-state index in [1.54, 1.807) is 19.2 Å². The molecule has 4 nitrogen and oxygen atoms in total. The van der Waals surface area contributed by atoms with Crippen LogP contribution in [-0.4, -0.2) is 29.1 Å². The maximum absolute atomic E-state index is 12.2. The third kappa shape index (κ3) is 4.73. The smallest absolute Gasteiger partial charge is 0.269 e. The van der Waals surface area contributed by atoms with Crippen molar-refractivity contribution in [3.05, 3.63) is 33.8 Å². The van der Waals surface area contributed by atoms with Gasteiger partial charge in [0.1, 0.15) is 0 Å². The second-order valence-corrected chi connectivity index (χ2v) is 6.61. The van der Waals surface area contributed by atoms with Crippen LogP contribution in [0.15, 0.2) is 18.2 Å². The first kappa shape index (κ1) is 17.3. The SMILES string of the molecule is CN(NC(=O)c1ccc(Cl)c(Cl)c1)C(=S)NC1CCCCC1. The van der Waals surface area contributed by atoms with Gasteiger partial charge >= 0.3 is 0 Å². The van der Waals surface area contributed by atoms with Crippen molar-refractivity contribution in [3.8, 4) is 0 Å². The maximum Gasteiger partial charge on any atom is 0.269 e. The zero-order valence-corrected chi connectivity index (χ0v) is 14.7. The average Bonchev–Trinajstić information content (AvgIpc) is 2.50. The molecule has 0 aromatic heterocycles. The number of nitrogens with zero attached hydrogens (tertiary/aromatic N) is 1. The fourth-order valence-electron chi connectivity index (χ4n) is 2.42. The van der Waals surface area contributed by atoms with E-state index in [2.05, 4.69) is 10.7 Å². The summed E-state index contributed by atoms with van der Waals surface area (Å²) in [6, 6.07) is 5.14. The summed E-state index contributed by atoms with van der Waals surface area (Å²) in [4.78, 5) is 12.2. The van der Waals surface area contributed by atoms with Gasteiger partial charge < -0.3 is 5.32 Å². The molecule has 1 aromatic rings. The lowest BCUT2D eigenvalue weighted by atomic mass is 9.96. The van der Waals surface area contributed by atoms with Crippen LogP contribution in [0.4, 0.5) is 0 Å². The average molecular weight is 360 g/mol. The number of halogens is 2. The molecule has 7 heteroatoms. The van der Waals surface area contributed by atoms with Crippen molar-refractivity contribution in [2.24, 2.45) is 0 Å². The molecule has 0 heterocycles. The number of nitrogens with one attached hydrogen (secondary N) is 2. The number of thiocarbonyl (C=S) groups is 1. The lowest BCUT2D eigenvalue weighted by Crippen LogP contribution is -2.51. The van der Waals surface area contributed by atoms with Crippen molar-refractivity contribution in [1.82, 2.24) is 15.8 Å². The maximum atomic E-state index is 12.2. The molecule has 0 atom stereocenters. The Morgan fingerprint density at radius 1 is 1.23 bits per heavy atom. The largest absolute Gasteiger partial charge is 0.358 e. The molecule has 1 amide bonds. The Hall–Kier alpha value is -1.04. The molecule has 0 spiro atoms. The van der Waals surface area contributed by atoms with Gasteiger partial charge in [0.2, 0.25) is 0 Å². The first-order valence-electron chi connectivity index (χ1n) is 7.27. The third-order valence-electron chi connectivity index (χ3n) is 3.69. The number of carbonyl (C=O) groups excluding carboxylic acids is 1. The lowest BCUT2D eigenvalue weighted by Gasteiger charge is -2.28. The van der Waals surface area contributed by atoms with Crippen LogP contribution >= 0.6 is 35.4 Å². The van der Waals surface area contributed by atoms with Crippen LogP contribution < -0.4 is 10.7 Å². The molecule has 0 bridgehead atoms. The summed E-state index contributed by atoms with van der Waals surface area (Å²) < 4.78 is 0. The number of hydrogen-bond acceptors (Lipinski definition) is 2. The molecule has 120 valence electrons. The molecule has 2 N–H and O–H groups in total. The fourth-order valence-corrected chi connectivity index (χ4v) is 2.93. The molecule has 0 unspecified atom stereocenters. The summed E-state index contributed by atoms with van der Waals surface area (Å²) in [6.07, 6.45) is 5.97. The van der Waals surface area contributed by atoms with E-state index < -0.39 is 0 Å². The number of amides is 1. The Bertz CT molecular complexity index is 562. The molecular weight excluding hydrogens is 341 g/mol. The molecular formula is C15H19Cl2N3OS. The number of hydrazine groups is 1. The van der Waals surface area contributed by atoms with Gasteiger partial charge in [-0.15, -0.1) is 0 Å². The quantitative estimate of drug-likeness (QED) is 0.622. The van der Waals surface area contributed by atoms with E-state index in [1.807, 2.05) is 0 Å². The highest BCUT2D eigenvalue weighted by atomic mass is 35.5.